The average molecular weight is 647 g/mol. The lowest BCUT2D eigenvalue weighted by atomic mass is 9.80. The van der Waals surface area contributed by atoms with Gasteiger partial charge in [0.15, 0.2) is 11.9 Å². The molecular formula is C35H58N4O5S. The summed E-state index contributed by atoms with van der Waals surface area (Å²) in [5.41, 5.74) is -0.213. The number of nitrogens with zero attached hydrogens (tertiary/aromatic N) is 3. The summed E-state index contributed by atoms with van der Waals surface area (Å²) >= 11 is 1.30. The van der Waals surface area contributed by atoms with Gasteiger partial charge in [-0.25, -0.2) is 4.98 Å². The highest BCUT2D eigenvalue weighted by Crippen LogP contribution is 2.35. The molecule has 1 saturated heterocycles. The van der Waals surface area contributed by atoms with Gasteiger partial charge in [-0.2, -0.15) is 0 Å². The molecule has 1 saturated carbocycles. The van der Waals surface area contributed by atoms with Crippen molar-refractivity contribution in [3.63, 3.8) is 0 Å². The molecule has 9 nitrogen and oxygen atoms in total. The van der Waals surface area contributed by atoms with E-state index in [1.165, 1.54) is 50.4 Å². The first kappa shape index (κ1) is 37.1. The maximum atomic E-state index is 14.2. The maximum Gasteiger partial charge on any atom is 0.303 e. The molecule has 1 aromatic heterocycles. The van der Waals surface area contributed by atoms with Crippen LogP contribution in [0.4, 0.5) is 0 Å². The number of ketones is 1. The molecule has 1 aliphatic heterocycles. The number of aromatic nitrogens is 1. The van der Waals surface area contributed by atoms with Gasteiger partial charge in [0.2, 0.25) is 5.91 Å². The number of carbonyl (C=O) groups is 4. The molecule has 0 aromatic carbocycles. The normalized spacial score (nSPS) is 22.1. The molecule has 1 aliphatic carbocycles. The van der Waals surface area contributed by atoms with E-state index in [4.69, 9.17) is 4.74 Å². The van der Waals surface area contributed by atoms with Gasteiger partial charge in [-0.15, -0.1) is 11.3 Å². The summed E-state index contributed by atoms with van der Waals surface area (Å²) in [6, 6.07) is -0.273. The number of Topliss-reactive ketones (excluding diaryl/α,β-unsaturated/α-hetero) is 1. The van der Waals surface area contributed by atoms with Crippen molar-refractivity contribution in [1.29, 1.82) is 0 Å². The Morgan fingerprint density at radius 1 is 1.16 bits per heavy atom. The summed E-state index contributed by atoms with van der Waals surface area (Å²) in [5, 5.41) is 5.27. The number of thiazole rings is 1. The van der Waals surface area contributed by atoms with Crippen LogP contribution in [0.3, 0.4) is 0 Å². The van der Waals surface area contributed by atoms with Gasteiger partial charge in [0.1, 0.15) is 10.7 Å². The molecule has 2 heterocycles. The first-order valence-corrected chi connectivity index (χ1v) is 18.1. The number of nitrogens with one attached hydrogen (secondary N) is 1. The third-order valence-electron chi connectivity index (χ3n) is 10.6. The number of likely N-dealkylation sites (N-methyl/N-ethyl adjacent to an activating group) is 1. The second-order valence-corrected chi connectivity index (χ2v) is 15.0. The number of likely N-dealkylation sites (tertiary alicyclic amines) is 1. The molecule has 3 rings (SSSR count). The van der Waals surface area contributed by atoms with Crippen LogP contribution in [0.1, 0.15) is 134 Å². The predicted molar refractivity (Wildman–Crippen MR) is 179 cm³/mol. The Labute approximate surface area is 275 Å². The number of esters is 1. The van der Waals surface area contributed by atoms with Gasteiger partial charge in [0.25, 0.3) is 5.91 Å². The highest BCUT2D eigenvalue weighted by molar-refractivity contribution is 7.09. The second-order valence-electron chi connectivity index (χ2n) is 14.1. The fourth-order valence-corrected chi connectivity index (χ4v) is 7.94. The number of hydrogen-bond acceptors (Lipinski definition) is 8. The summed E-state index contributed by atoms with van der Waals surface area (Å²) < 4.78 is 5.77. The minimum atomic E-state index is -0.700. The van der Waals surface area contributed by atoms with E-state index in [0.717, 1.165) is 32.2 Å². The van der Waals surface area contributed by atoms with E-state index in [2.05, 4.69) is 22.1 Å². The Hall–Kier alpha value is -2.33. The van der Waals surface area contributed by atoms with Gasteiger partial charge in [0.05, 0.1) is 5.54 Å². The topological polar surface area (TPSA) is 109 Å². The SMILES string of the molecule is CC[C@H](C)[C@H](CC(=O)[C@@]1(C)CCCN1C)C(=O)N(C)[C@H](C[C@@H](OC(C)=O)c1nc(C(=O)NCCC2CCCCC2)cs1)C(C)C. The number of ether oxygens (including phenoxy) is 1. The van der Waals surface area contributed by atoms with E-state index in [1.807, 2.05) is 34.7 Å². The Morgan fingerprint density at radius 2 is 1.84 bits per heavy atom. The first-order valence-electron chi connectivity index (χ1n) is 17.2. The third-order valence-corrected chi connectivity index (χ3v) is 11.6. The predicted octanol–water partition coefficient (Wildman–Crippen LogP) is 6.43. The minimum absolute atomic E-state index is 0.0365. The molecule has 0 radical (unpaired) electrons. The van der Waals surface area contributed by atoms with E-state index in [1.54, 1.807) is 17.3 Å². The van der Waals surface area contributed by atoms with Gasteiger partial charge in [-0.3, -0.25) is 24.1 Å². The van der Waals surface area contributed by atoms with Crippen molar-refractivity contribution < 1.29 is 23.9 Å². The van der Waals surface area contributed by atoms with E-state index in [9.17, 15) is 19.2 Å². The van der Waals surface area contributed by atoms with Gasteiger partial charge >= 0.3 is 5.97 Å². The number of carbonyl (C=O) groups excluding carboxylic acids is 4. The molecule has 0 bridgehead atoms. The van der Waals surface area contributed by atoms with Gasteiger partial charge in [0, 0.05) is 50.7 Å². The average Bonchev–Trinajstić information content (AvgIpc) is 3.64. The molecule has 2 fully saturated rings. The molecule has 5 atom stereocenters. The first-order chi connectivity index (χ1) is 21.3. The van der Waals surface area contributed by atoms with Crippen LogP contribution in [-0.2, 0) is 19.1 Å². The Bertz CT molecular complexity index is 1150. The van der Waals surface area contributed by atoms with E-state index >= 15 is 0 Å². The van der Waals surface area contributed by atoms with Crippen molar-refractivity contribution in [1.82, 2.24) is 20.1 Å². The van der Waals surface area contributed by atoms with Gasteiger partial charge < -0.3 is 15.0 Å². The highest BCUT2D eigenvalue weighted by atomic mass is 32.1. The Balaban J connectivity index is 1.73. The third kappa shape index (κ3) is 9.83. The molecule has 2 amide bonds. The molecular weight excluding hydrogens is 588 g/mol. The zero-order valence-electron chi connectivity index (χ0n) is 29.0. The van der Waals surface area contributed by atoms with Gasteiger partial charge in [-0.05, 0) is 57.5 Å². The van der Waals surface area contributed by atoms with Crippen LogP contribution >= 0.6 is 11.3 Å². The molecule has 10 heteroatoms. The van der Waals surface area contributed by atoms with Crippen LogP contribution in [0, 0.1) is 23.7 Å². The molecule has 254 valence electrons. The summed E-state index contributed by atoms with van der Waals surface area (Å²) in [7, 11) is 3.79. The smallest absolute Gasteiger partial charge is 0.303 e. The molecule has 0 unspecified atom stereocenters. The maximum absolute atomic E-state index is 14.2. The van der Waals surface area contributed by atoms with Crippen molar-refractivity contribution in [3.05, 3.63) is 16.1 Å². The summed E-state index contributed by atoms with van der Waals surface area (Å²) in [4.78, 5) is 61.4. The minimum Gasteiger partial charge on any atom is -0.455 e. The Morgan fingerprint density at radius 3 is 2.42 bits per heavy atom. The highest BCUT2D eigenvalue weighted by Gasteiger charge is 2.43. The van der Waals surface area contributed by atoms with Crippen molar-refractivity contribution >= 4 is 34.9 Å². The van der Waals surface area contributed by atoms with E-state index in [-0.39, 0.29) is 41.9 Å². The molecule has 2 aliphatic rings. The Kier molecular flexibility index (Phi) is 14.0. The largest absolute Gasteiger partial charge is 0.455 e. The van der Waals surface area contributed by atoms with Crippen LogP contribution in [0.25, 0.3) is 0 Å². The lowest BCUT2D eigenvalue weighted by Gasteiger charge is -2.38. The molecule has 1 N–H and O–H groups in total. The lowest BCUT2D eigenvalue weighted by Crippen LogP contribution is -2.50. The lowest BCUT2D eigenvalue weighted by molar-refractivity contribution is -0.149. The van der Waals surface area contributed by atoms with Crippen molar-refractivity contribution in [2.75, 3.05) is 27.2 Å². The van der Waals surface area contributed by atoms with Crippen molar-refractivity contribution in [2.45, 2.75) is 130 Å². The van der Waals surface area contributed by atoms with Crippen LogP contribution in [0.15, 0.2) is 5.38 Å². The fraction of sp³-hybridized carbons (Fsp3) is 0.800. The van der Waals surface area contributed by atoms with Crippen LogP contribution < -0.4 is 5.32 Å². The van der Waals surface area contributed by atoms with Crippen LogP contribution in [-0.4, -0.2) is 77.1 Å². The monoisotopic (exact) mass is 646 g/mol. The molecule has 1 aromatic rings. The number of hydrogen-bond donors (Lipinski definition) is 1. The quantitative estimate of drug-likeness (QED) is 0.206. The van der Waals surface area contributed by atoms with E-state index in [0.29, 0.717) is 29.6 Å². The standard InChI is InChI=1S/C35H58N4O5S/c1-9-24(4)27(20-31(41)35(6)17-13-19-38(35)7)34(43)39(8)29(23(2)3)21-30(44-25(5)40)33-37-28(22-45-33)32(42)36-18-16-26-14-11-10-12-15-26/h22-24,26-27,29-30H,9-21H2,1-8H3,(H,36,42)/t24-,27-,29+,30+,35+/m0/s1. The summed E-state index contributed by atoms with van der Waals surface area (Å²) in [6.07, 6.45) is 9.75. The zero-order valence-corrected chi connectivity index (χ0v) is 29.8. The van der Waals surface area contributed by atoms with E-state index < -0.39 is 23.5 Å². The number of amides is 2. The van der Waals surface area contributed by atoms with Crippen molar-refractivity contribution in [2.24, 2.45) is 23.7 Å². The summed E-state index contributed by atoms with van der Waals surface area (Å²) in [5.74, 6) is -0.264. The fourth-order valence-electron chi connectivity index (χ4n) is 7.10. The van der Waals surface area contributed by atoms with Crippen LogP contribution in [0.2, 0.25) is 0 Å². The number of rotatable bonds is 16. The molecule has 0 spiro atoms. The van der Waals surface area contributed by atoms with Crippen molar-refractivity contribution in [3.8, 4) is 0 Å². The zero-order chi connectivity index (χ0) is 33.3. The summed E-state index contributed by atoms with van der Waals surface area (Å²) in [6.45, 7) is 13.1. The van der Waals surface area contributed by atoms with Crippen LogP contribution in [0.5, 0.6) is 0 Å². The second kappa shape index (κ2) is 17.0. The molecule has 45 heavy (non-hydrogen) atoms. The van der Waals surface area contributed by atoms with Gasteiger partial charge in [-0.1, -0.05) is 66.2 Å².